The normalized spacial score (nSPS) is 18.5. The highest BCUT2D eigenvalue weighted by Gasteiger charge is 2.30. The number of para-hydroxylation sites is 1. The van der Waals surface area contributed by atoms with Gasteiger partial charge in [0.2, 0.25) is 11.8 Å². The number of hydrogen-bond donors (Lipinski definition) is 0. The fraction of sp³-hybridized carbons (Fsp3) is 0.474. The van der Waals surface area contributed by atoms with E-state index < -0.39 is 4.92 Å². The molecule has 0 atom stereocenters. The lowest BCUT2D eigenvalue weighted by Crippen LogP contribution is -2.43. The Labute approximate surface area is 152 Å². The van der Waals surface area contributed by atoms with Crippen LogP contribution in [-0.4, -0.2) is 52.7 Å². The lowest BCUT2D eigenvalue weighted by atomic mass is 9.95. The average molecular weight is 357 g/mol. The highest BCUT2D eigenvalue weighted by atomic mass is 16.6. The van der Waals surface area contributed by atoms with Crippen molar-refractivity contribution >= 4 is 23.6 Å². The van der Waals surface area contributed by atoms with Crippen LogP contribution in [-0.2, 0) is 9.59 Å². The van der Waals surface area contributed by atoms with Crippen LogP contribution in [0, 0.1) is 16.0 Å². The van der Waals surface area contributed by atoms with Crippen LogP contribution < -0.4 is 0 Å². The average Bonchev–Trinajstić information content (AvgIpc) is 3.20. The van der Waals surface area contributed by atoms with Gasteiger partial charge in [-0.25, -0.2) is 0 Å². The molecule has 0 bridgehead atoms. The summed E-state index contributed by atoms with van der Waals surface area (Å²) >= 11 is 0. The maximum absolute atomic E-state index is 12.4. The highest BCUT2D eigenvalue weighted by Crippen LogP contribution is 2.23. The van der Waals surface area contributed by atoms with Crippen molar-refractivity contribution < 1.29 is 14.5 Å². The predicted octanol–water partition coefficient (Wildman–Crippen LogP) is 2.47. The molecule has 0 saturated carbocycles. The van der Waals surface area contributed by atoms with Crippen molar-refractivity contribution in [2.75, 3.05) is 26.2 Å². The molecule has 0 spiro atoms. The fourth-order valence-corrected chi connectivity index (χ4v) is 3.60. The summed E-state index contributed by atoms with van der Waals surface area (Å²) in [4.78, 5) is 39.0. The molecule has 0 N–H and O–H groups in total. The van der Waals surface area contributed by atoms with Crippen LogP contribution in [0.3, 0.4) is 0 Å². The number of carbonyl (C=O) groups is 2. The van der Waals surface area contributed by atoms with Crippen molar-refractivity contribution in [2.24, 2.45) is 5.92 Å². The number of nitrogens with zero attached hydrogens (tertiary/aromatic N) is 3. The zero-order valence-corrected chi connectivity index (χ0v) is 14.7. The van der Waals surface area contributed by atoms with Crippen LogP contribution in [0.5, 0.6) is 0 Å². The quantitative estimate of drug-likeness (QED) is 0.471. The van der Waals surface area contributed by atoms with Gasteiger partial charge in [0.05, 0.1) is 10.5 Å². The third kappa shape index (κ3) is 4.09. The molecule has 2 saturated heterocycles. The molecule has 2 heterocycles. The molecular weight excluding hydrogens is 334 g/mol. The minimum Gasteiger partial charge on any atom is -0.342 e. The Morgan fingerprint density at radius 3 is 2.35 bits per heavy atom. The largest absolute Gasteiger partial charge is 0.342 e. The fourth-order valence-electron chi connectivity index (χ4n) is 3.60. The summed E-state index contributed by atoms with van der Waals surface area (Å²) in [5.74, 6) is 0.0663. The smallest absolute Gasteiger partial charge is 0.276 e. The lowest BCUT2D eigenvalue weighted by molar-refractivity contribution is -0.385. The van der Waals surface area contributed by atoms with E-state index in [1.807, 2.05) is 4.90 Å². The Morgan fingerprint density at radius 2 is 1.69 bits per heavy atom. The van der Waals surface area contributed by atoms with Gasteiger partial charge < -0.3 is 9.80 Å². The summed E-state index contributed by atoms with van der Waals surface area (Å²) in [5, 5.41) is 11.0. The Balaban J connectivity index is 1.55. The molecule has 2 amide bonds. The molecular formula is C19H23N3O4. The molecule has 7 nitrogen and oxygen atoms in total. The molecule has 1 aromatic carbocycles. The molecule has 2 aliphatic heterocycles. The first-order chi connectivity index (χ1) is 12.6. The van der Waals surface area contributed by atoms with Gasteiger partial charge in [-0.1, -0.05) is 12.1 Å². The van der Waals surface area contributed by atoms with Crippen LogP contribution in [0.1, 0.15) is 31.2 Å². The van der Waals surface area contributed by atoms with Gasteiger partial charge in [-0.3, -0.25) is 19.7 Å². The summed E-state index contributed by atoms with van der Waals surface area (Å²) in [6.07, 6.45) is 6.40. The Hall–Kier alpha value is -2.70. The van der Waals surface area contributed by atoms with Crippen molar-refractivity contribution in [1.82, 2.24) is 9.80 Å². The number of nitro groups is 1. The summed E-state index contributed by atoms with van der Waals surface area (Å²) in [5.41, 5.74) is 0.386. The van der Waals surface area contributed by atoms with Crippen molar-refractivity contribution in [3.63, 3.8) is 0 Å². The van der Waals surface area contributed by atoms with Gasteiger partial charge in [0, 0.05) is 44.2 Å². The summed E-state index contributed by atoms with van der Waals surface area (Å²) in [6, 6.07) is 6.33. The van der Waals surface area contributed by atoms with Gasteiger partial charge >= 0.3 is 0 Å². The van der Waals surface area contributed by atoms with E-state index in [-0.39, 0.29) is 23.4 Å². The lowest BCUT2D eigenvalue weighted by Gasteiger charge is -2.32. The Morgan fingerprint density at radius 1 is 1.04 bits per heavy atom. The van der Waals surface area contributed by atoms with E-state index in [2.05, 4.69) is 0 Å². The van der Waals surface area contributed by atoms with Crippen LogP contribution in [0.2, 0.25) is 0 Å². The first-order valence-corrected chi connectivity index (χ1v) is 9.05. The van der Waals surface area contributed by atoms with Crippen LogP contribution in [0.4, 0.5) is 5.69 Å². The molecule has 7 heteroatoms. The SMILES string of the molecule is O=C(/C=C/c1ccccc1[N+](=O)[O-])N1CCC(C(=O)N2CCCC2)CC1. The van der Waals surface area contributed by atoms with E-state index in [1.54, 1.807) is 23.1 Å². The maximum atomic E-state index is 12.4. The van der Waals surface area contributed by atoms with Gasteiger partial charge in [-0.2, -0.15) is 0 Å². The first-order valence-electron chi connectivity index (χ1n) is 9.05. The molecule has 0 unspecified atom stereocenters. The van der Waals surface area contributed by atoms with E-state index in [0.29, 0.717) is 31.5 Å². The number of rotatable bonds is 4. The van der Waals surface area contributed by atoms with Gasteiger partial charge in [0.15, 0.2) is 0 Å². The summed E-state index contributed by atoms with van der Waals surface area (Å²) in [7, 11) is 0. The predicted molar refractivity (Wildman–Crippen MR) is 97.2 cm³/mol. The van der Waals surface area contributed by atoms with Gasteiger partial charge in [-0.15, -0.1) is 0 Å². The van der Waals surface area contributed by atoms with Gasteiger partial charge in [-0.05, 0) is 37.8 Å². The molecule has 138 valence electrons. The van der Waals surface area contributed by atoms with Crippen LogP contribution >= 0.6 is 0 Å². The number of carbonyl (C=O) groups excluding carboxylic acids is 2. The number of amides is 2. The van der Waals surface area contributed by atoms with E-state index in [0.717, 1.165) is 25.9 Å². The molecule has 3 rings (SSSR count). The number of likely N-dealkylation sites (tertiary alicyclic amines) is 2. The van der Waals surface area contributed by atoms with Crippen LogP contribution in [0.25, 0.3) is 6.08 Å². The Bertz CT molecular complexity index is 717. The van der Waals surface area contributed by atoms with E-state index in [4.69, 9.17) is 0 Å². The van der Waals surface area contributed by atoms with Gasteiger partial charge in [0.25, 0.3) is 5.69 Å². The maximum Gasteiger partial charge on any atom is 0.276 e. The van der Waals surface area contributed by atoms with E-state index >= 15 is 0 Å². The molecule has 2 fully saturated rings. The van der Waals surface area contributed by atoms with E-state index in [9.17, 15) is 19.7 Å². The number of nitro benzene ring substituents is 1. The third-order valence-corrected chi connectivity index (χ3v) is 5.11. The highest BCUT2D eigenvalue weighted by molar-refractivity contribution is 5.92. The first kappa shape index (κ1) is 18.1. The zero-order valence-electron chi connectivity index (χ0n) is 14.7. The number of benzene rings is 1. The van der Waals surface area contributed by atoms with Crippen molar-refractivity contribution in [3.8, 4) is 0 Å². The number of piperidine rings is 1. The molecule has 1 aromatic rings. The number of hydrogen-bond acceptors (Lipinski definition) is 4. The second kappa shape index (κ2) is 8.12. The molecule has 26 heavy (non-hydrogen) atoms. The topological polar surface area (TPSA) is 83.8 Å². The van der Waals surface area contributed by atoms with Gasteiger partial charge in [0.1, 0.15) is 0 Å². The molecule has 2 aliphatic rings. The minimum absolute atomic E-state index is 0.0105. The van der Waals surface area contributed by atoms with E-state index in [1.165, 1.54) is 18.2 Å². The second-order valence-electron chi connectivity index (χ2n) is 6.78. The second-order valence-corrected chi connectivity index (χ2v) is 6.78. The van der Waals surface area contributed by atoms with Crippen LogP contribution in [0.15, 0.2) is 30.3 Å². The molecule has 0 radical (unpaired) electrons. The van der Waals surface area contributed by atoms with Crippen molar-refractivity contribution in [2.45, 2.75) is 25.7 Å². The zero-order chi connectivity index (χ0) is 18.5. The standard InChI is InChI=1S/C19H23N3O4/c23-18(8-7-15-5-1-2-6-17(15)22(25)26)20-13-9-16(10-14-20)19(24)21-11-3-4-12-21/h1-2,5-8,16H,3-4,9-14H2/b8-7+. The molecule has 0 aromatic heterocycles. The third-order valence-electron chi connectivity index (χ3n) is 5.11. The van der Waals surface area contributed by atoms with Crippen molar-refractivity contribution in [3.05, 3.63) is 46.0 Å². The summed E-state index contributed by atoms with van der Waals surface area (Å²) in [6.45, 7) is 2.81. The molecule has 0 aliphatic carbocycles. The Kier molecular flexibility index (Phi) is 5.65. The minimum atomic E-state index is -0.459. The summed E-state index contributed by atoms with van der Waals surface area (Å²) < 4.78 is 0. The monoisotopic (exact) mass is 357 g/mol. The van der Waals surface area contributed by atoms with Crippen molar-refractivity contribution in [1.29, 1.82) is 0 Å².